The van der Waals surface area contributed by atoms with Gasteiger partial charge in [-0.2, -0.15) is 0 Å². The van der Waals surface area contributed by atoms with Gasteiger partial charge in [-0.25, -0.2) is 0 Å². The summed E-state index contributed by atoms with van der Waals surface area (Å²) in [5, 5.41) is 0. The molecular weight excluding hydrogens is 156 g/mol. The largest absolute Gasteiger partial charge is 0.255 e. The van der Waals surface area contributed by atoms with Crippen LogP contribution in [0.4, 0.5) is 0 Å². The average Bonchev–Trinajstić information content (AvgIpc) is 2.05. The molecule has 0 aliphatic rings. The summed E-state index contributed by atoms with van der Waals surface area (Å²) < 4.78 is 11.0. The zero-order valence-corrected chi connectivity index (χ0v) is 7.65. The van der Waals surface area contributed by atoms with Crippen LogP contribution in [-0.4, -0.2) is 10.5 Å². The van der Waals surface area contributed by atoms with Gasteiger partial charge in [0, 0.05) is 22.0 Å². The van der Waals surface area contributed by atoms with E-state index >= 15 is 0 Å². The van der Waals surface area contributed by atoms with Crippen LogP contribution in [0.3, 0.4) is 0 Å². The van der Waals surface area contributed by atoms with E-state index in [0.717, 1.165) is 11.3 Å². The maximum Gasteiger partial charge on any atom is 0.0498 e. The first-order chi connectivity index (χ1) is 5.24. The number of rotatable bonds is 2. The second-order valence-corrected chi connectivity index (χ2v) is 3.83. The Morgan fingerprint density at radius 3 is 2.18 bits per heavy atom. The van der Waals surface area contributed by atoms with Gasteiger partial charge in [-0.3, -0.25) is 4.21 Å². The van der Waals surface area contributed by atoms with Gasteiger partial charge >= 0.3 is 0 Å². The first-order valence-electron chi connectivity index (χ1n) is 3.66. The molecule has 0 bridgehead atoms. The molecule has 0 amide bonds. The minimum absolute atomic E-state index is 0.839. The maximum absolute atomic E-state index is 11.0. The van der Waals surface area contributed by atoms with Gasteiger partial charge in [-0.15, -0.1) is 0 Å². The molecule has 0 aromatic heterocycles. The molecule has 1 rings (SSSR count). The van der Waals surface area contributed by atoms with Crippen LogP contribution < -0.4 is 0 Å². The molecule has 1 nitrogen and oxygen atoms in total. The van der Waals surface area contributed by atoms with Gasteiger partial charge in [0.25, 0.3) is 0 Å². The highest BCUT2D eigenvalue weighted by Crippen LogP contribution is 2.07. The van der Waals surface area contributed by atoms with E-state index in [9.17, 15) is 4.21 Å². The molecule has 1 aromatic rings. The summed E-state index contributed by atoms with van der Waals surface area (Å²) in [6.07, 6.45) is 2.73. The second-order valence-electron chi connectivity index (χ2n) is 2.45. The van der Waals surface area contributed by atoms with Crippen molar-refractivity contribution in [3.8, 4) is 0 Å². The van der Waals surface area contributed by atoms with Crippen LogP contribution in [0.2, 0.25) is 0 Å². The molecule has 1 aromatic carbocycles. The van der Waals surface area contributed by atoms with Gasteiger partial charge in [0.15, 0.2) is 0 Å². The molecule has 0 unspecified atom stereocenters. The van der Waals surface area contributed by atoms with Crippen LogP contribution in [0.1, 0.15) is 12.5 Å². The van der Waals surface area contributed by atoms with Crippen molar-refractivity contribution in [2.45, 2.75) is 18.2 Å². The number of benzene rings is 1. The van der Waals surface area contributed by atoms with Crippen LogP contribution in [0, 0.1) is 0 Å². The van der Waals surface area contributed by atoms with Gasteiger partial charge in [-0.1, -0.05) is 19.1 Å². The quantitative estimate of drug-likeness (QED) is 0.660. The summed E-state index contributed by atoms with van der Waals surface area (Å²) in [4.78, 5) is 0.905. The van der Waals surface area contributed by atoms with Gasteiger partial charge in [0.2, 0.25) is 0 Å². The molecule has 0 fully saturated rings. The van der Waals surface area contributed by atoms with Crippen LogP contribution in [-0.2, 0) is 17.2 Å². The number of hydrogen-bond donors (Lipinski definition) is 0. The van der Waals surface area contributed by atoms with E-state index in [1.807, 2.05) is 24.3 Å². The van der Waals surface area contributed by atoms with Crippen molar-refractivity contribution in [2.24, 2.45) is 0 Å². The summed E-state index contributed by atoms with van der Waals surface area (Å²) in [6, 6.07) is 7.90. The lowest BCUT2D eigenvalue weighted by Gasteiger charge is -1.97. The molecule has 0 radical (unpaired) electrons. The molecule has 0 saturated carbocycles. The lowest BCUT2D eigenvalue weighted by atomic mass is 10.2. The van der Waals surface area contributed by atoms with Crippen LogP contribution in [0.25, 0.3) is 0 Å². The first kappa shape index (κ1) is 8.47. The topological polar surface area (TPSA) is 17.1 Å². The van der Waals surface area contributed by atoms with Crippen molar-refractivity contribution in [2.75, 3.05) is 6.26 Å². The number of hydrogen-bond acceptors (Lipinski definition) is 1. The molecule has 0 aliphatic carbocycles. The Balaban J connectivity index is 2.91. The van der Waals surface area contributed by atoms with Crippen LogP contribution in [0.15, 0.2) is 29.2 Å². The normalized spacial score (nSPS) is 12.9. The highest BCUT2D eigenvalue weighted by molar-refractivity contribution is 7.84. The third kappa shape index (κ3) is 2.15. The Bertz CT molecular complexity index is 251. The van der Waals surface area contributed by atoms with Crippen LogP contribution in [0.5, 0.6) is 0 Å². The highest BCUT2D eigenvalue weighted by Gasteiger charge is 1.95. The van der Waals surface area contributed by atoms with Crippen molar-refractivity contribution in [1.82, 2.24) is 0 Å². The fourth-order valence-electron chi connectivity index (χ4n) is 0.917. The van der Waals surface area contributed by atoms with Gasteiger partial charge < -0.3 is 0 Å². The van der Waals surface area contributed by atoms with Gasteiger partial charge in [0.1, 0.15) is 0 Å². The SMILES string of the molecule is CCc1ccc([S@@](C)=O)cc1. The molecule has 0 heterocycles. The first-order valence-corrected chi connectivity index (χ1v) is 5.22. The lowest BCUT2D eigenvalue weighted by molar-refractivity contribution is 0.687. The summed E-state index contributed by atoms with van der Waals surface area (Å²) in [5.74, 6) is 0. The van der Waals surface area contributed by atoms with E-state index in [2.05, 4.69) is 6.92 Å². The maximum atomic E-state index is 11.0. The fourth-order valence-corrected chi connectivity index (χ4v) is 1.44. The van der Waals surface area contributed by atoms with E-state index < -0.39 is 10.8 Å². The van der Waals surface area contributed by atoms with Gasteiger partial charge in [0.05, 0.1) is 0 Å². The molecule has 60 valence electrons. The molecule has 0 N–H and O–H groups in total. The Labute approximate surface area is 69.9 Å². The van der Waals surface area contributed by atoms with E-state index in [4.69, 9.17) is 0 Å². The fraction of sp³-hybridized carbons (Fsp3) is 0.333. The Morgan fingerprint density at radius 1 is 1.27 bits per heavy atom. The minimum atomic E-state index is -0.839. The summed E-state index contributed by atoms with van der Waals surface area (Å²) in [6.45, 7) is 2.11. The Morgan fingerprint density at radius 2 is 1.82 bits per heavy atom. The van der Waals surface area contributed by atoms with Gasteiger partial charge in [-0.05, 0) is 24.1 Å². The zero-order valence-electron chi connectivity index (χ0n) is 6.83. The van der Waals surface area contributed by atoms with Crippen LogP contribution >= 0.6 is 0 Å². The molecule has 0 spiro atoms. The smallest absolute Gasteiger partial charge is 0.0498 e. The standard InChI is InChI=1S/C9H12OS/c1-3-8-4-6-9(7-5-8)11(2)10/h4-7H,3H2,1-2H3/t11-/m1/s1. The summed E-state index contributed by atoms with van der Waals surface area (Å²) >= 11 is 0. The third-order valence-electron chi connectivity index (χ3n) is 1.66. The molecule has 1 atom stereocenters. The van der Waals surface area contributed by atoms with E-state index in [1.54, 1.807) is 6.26 Å². The average molecular weight is 168 g/mol. The Kier molecular flexibility index (Phi) is 2.83. The molecule has 11 heavy (non-hydrogen) atoms. The second kappa shape index (κ2) is 3.67. The molecule has 2 heteroatoms. The van der Waals surface area contributed by atoms with Crippen molar-refractivity contribution < 1.29 is 4.21 Å². The zero-order chi connectivity index (χ0) is 8.27. The summed E-state index contributed by atoms with van der Waals surface area (Å²) in [5.41, 5.74) is 1.29. The predicted octanol–water partition coefficient (Wildman–Crippen LogP) is 1.99. The predicted molar refractivity (Wildman–Crippen MR) is 48.2 cm³/mol. The summed E-state index contributed by atoms with van der Waals surface area (Å²) in [7, 11) is -0.839. The van der Waals surface area contributed by atoms with Crippen molar-refractivity contribution >= 4 is 10.8 Å². The van der Waals surface area contributed by atoms with Crippen molar-refractivity contribution in [1.29, 1.82) is 0 Å². The van der Waals surface area contributed by atoms with E-state index in [1.165, 1.54) is 5.56 Å². The lowest BCUT2D eigenvalue weighted by Crippen LogP contribution is -1.87. The molecule has 0 aliphatic heterocycles. The molecule has 0 saturated heterocycles. The molecular formula is C9H12OS. The van der Waals surface area contributed by atoms with E-state index in [-0.39, 0.29) is 0 Å². The monoisotopic (exact) mass is 168 g/mol. The van der Waals surface area contributed by atoms with E-state index in [0.29, 0.717) is 0 Å². The number of aryl methyl sites for hydroxylation is 1. The van der Waals surface area contributed by atoms with Crippen molar-refractivity contribution in [3.63, 3.8) is 0 Å². The minimum Gasteiger partial charge on any atom is -0.255 e. The third-order valence-corrected chi connectivity index (χ3v) is 2.60. The Hall–Kier alpha value is -0.630. The van der Waals surface area contributed by atoms with Crippen molar-refractivity contribution in [3.05, 3.63) is 29.8 Å². The highest BCUT2D eigenvalue weighted by atomic mass is 32.2.